The lowest BCUT2D eigenvalue weighted by molar-refractivity contribution is -0.384. The van der Waals surface area contributed by atoms with E-state index in [0.29, 0.717) is 5.92 Å². The number of hydrogen-bond acceptors (Lipinski definition) is 4. The van der Waals surface area contributed by atoms with Crippen LogP contribution in [0.2, 0.25) is 0 Å². The highest BCUT2D eigenvalue weighted by atomic mass is 16.6. The van der Waals surface area contributed by atoms with Crippen molar-refractivity contribution in [3.05, 3.63) is 46.0 Å². The van der Waals surface area contributed by atoms with Gasteiger partial charge in [-0.2, -0.15) is 0 Å². The van der Waals surface area contributed by atoms with Gasteiger partial charge in [-0.05, 0) is 44.7 Å². The summed E-state index contributed by atoms with van der Waals surface area (Å²) < 4.78 is 0. The Hall–Kier alpha value is -1.88. The first-order valence-corrected chi connectivity index (χ1v) is 8.81. The van der Waals surface area contributed by atoms with Crippen LogP contribution in [-0.4, -0.2) is 42.5 Å². The molecule has 1 aliphatic rings. The van der Waals surface area contributed by atoms with Gasteiger partial charge in [-0.1, -0.05) is 18.6 Å². The van der Waals surface area contributed by atoms with E-state index in [-0.39, 0.29) is 10.6 Å². The lowest BCUT2D eigenvalue weighted by atomic mass is 10.0. The number of nitrogens with zero attached hydrogens (tertiary/aromatic N) is 3. The number of nitro benzene ring substituents is 1. The fourth-order valence-electron chi connectivity index (χ4n) is 3.16. The van der Waals surface area contributed by atoms with Gasteiger partial charge in [0.15, 0.2) is 0 Å². The smallest absolute Gasteiger partial charge is 0.269 e. The highest BCUT2D eigenvalue weighted by molar-refractivity contribution is 5.51. The lowest BCUT2D eigenvalue weighted by Crippen LogP contribution is -2.47. The van der Waals surface area contributed by atoms with Crippen molar-refractivity contribution in [3.8, 4) is 0 Å². The summed E-state index contributed by atoms with van der Waals surface area (Å²) in [5.74, 6) is 0.714. The Bertz CT molecular complexity index is 556. The predicted molar refractivity (Wildman–Crippen MR) is 99.6 cm³/mol. The summed E-state index contributed by atoms with van der Waals surface area (Å²) in [4.78, 5) is 15.2. The van der Waals surface area contributed by atoms with E-state index in [1.807, 2.05) is 12.1 Å². The van der Waals surface area contributed by atoms with Crippen molar-refractivity contribution in [2.75, 3.05) is 37.6 Å². The topological polar surface area (TPSA) is 49.6 Å². The molecule has 5 heteroatoms. The summed E-state index contributed by atoms with van der Waals surface area (Å²) in [7, 11) is 0. The summed E-state index contributed by atoms with van der Waals surface area (Å²) in [6.45, 7) is 11.9. The van der Waals surface area contributed by atoms with Gasteiger partial charge in [-0.25, -0.2) is 0 Å². The molecular formula is C19H29N3O2. The van der Waals surface area contributed by atoms with Crippen LogP contribution in [0.15, 0.2) is 35.9 Å². The molecular weight excluding hydrogens is 302 g/mol. The number of anilines is 1. The summed E-state index contributed by atoms with van der Waals surface area (Å²) in [5, 5.41) is 10.7. The van der Waals surface area contributed by atoms with Gasteiger partial charge in [-0.15, -0.1) is 0 Å². The van der Waals surface area contributed by atoms with Crippen LogP contribution in [0.4, 0.5) is 11.4 Å². The second kappa shape index (κ2) is 8.83. The fraction of sp³-hybridized carbons (Fsp3) is 0.579. The van der Waals surface area contributed by atoms with Crippen LogP contribution < -0.4 is 4.90 Å². The Kier molecular flexibility index (Phi) is 6.79. The van der Waals surface area contributed by atoms with Gasteiger partial charge in [0.1, 0.15) is 0 Å². The van der Waals surface area contributed by atoms with E-state index >= 15 is 0 Å². The minimum atomic E-state index is -0.349. The van der Waals surface area contributed by atoms with E-state index in [4.69, 9.17) is 0 Å². The molecule has 1 saturated heterocycles. The molecule has 1 heterocycles. The van der Waals surface area contributed by atoms with Crippen LogP contribution in [0.25, 0.3) is 0 Å². The van der Waals surface area contributed by atoms with Crippen LogP contribution in [0, 0.1) is 16.0 Å². The van der Waals surface area contributed by atoms with Gasteiger partial charge in [0.2, 0.25) is 0 Å². The number of benzene rings is 1. The van der Waals surface area contributed by atoms with Crippen molar-refractivity contribution in [1.82, 2.24) is 4.90 Å². The van der Waals surface area contributed by atoms with E-state index in [2.05, 4.69) is 36.6 Å². The average molecular weight is 331 g/mol. The van der Waals surface area contributed by atoms with E-state index in [0.717, 1.165) is 38.4 Å². The van der Waals surface area contributed by atoms with Crippen LogP contribution in [0.3, 0.4) is 0 Å². The Morgan fingerprint density at radius 2 is 1.83 bits per heavy atom. The number of allylic oxidation sites excluding steroid dienone is 2. The van der Waals surface area contributed by atoms with Crippen molar-refractivity contribution in [2.24, 2.45) is 5.92 Å². The average Bonchev–Trinajstić information content (AvgIpc) is 2.55. The van der Waals surface area contributed by atoms with Crippen LogP contribution in [0.1, 0.15) is 33.6 Å². The predicted octanol–water partition coefficient (Wildman–Crippen LogP) is 4.10. The second-order valence-electron chi connectivity index (χ2n) is 7.03. The zero-order valence-electron chi connectivity index (χ0n) is 15.1. The van der Waals surface area contributed by atoms with Gasteiger partial charge in [-0.3, -0.25) is 15.0 Å². The molecule has 1 aromatic rings. The van der Waals surface area contributed by atoms with Crippen molar-refractivity contribution in [2.45, 2.75) is 33.6 Å². The Morgan fingerprint density at radius 3 is 2.38 bits per heavy atom. The maximum absolute atomic E-state index is 10.7. The first-order chi connectivity index (χ1) is 11.5. The van der Waals surface area contributed by atoms with Gasteiger partial charge in [0.05, 0.1) is 4.92 Å². The Labute approximate surface area is 145 Å². The lowest BCUT2D eigenvalue weighted by Gasteiger charge is -2.37. The van der Waals surface area contributed by atoms with Crippen LogP contribution in [0.5, 0.6) is 0 Å². The molecule has 0 aromatic heterocycles. The van der Waals surface area contributed by atoms with Crippen LogP contribution in [-0.2, 0) is 0 Å². The first kappa shape index (κ1) is 18.5. The zero-order valence-corrected chi connectivity index (χ0v) is 15.1. The van der Waals surface area contributed by atoms with Crippen molar-refractivity contribution in [3.63, 3.8) is 0 Å². The normalized spacial score (nSPS) is 16.7. The van der Waals surface area contributed by atoms with Crippen molar-refractivity contribution >= 4 is 11.4 Å². The molecule has 0 saturated carbocycles. The number of rotatable bonds is 7. The molecule has 0 radical (unpaired) electrons. The minimum absolute atomic E-state index is 0.155. The standard InChI is InChI=1S/C19H29N3O2/c1-16(2)5-4-6-17(3)15-20-11-13-21(14-12-20)18-7-9-19(10-8-18)22(23)24/h5,7-10,17H,4,6,11-15H2,1-3H3/t17-/m0/s1. The van der Waals surface area contributed by atoms with E-state index < -0.39 is 0 Å². The van der Waals surface area contributed by atoms with Crippen molar-refractivity contribution < 1.29 is 4.92 Å². The number of nitro groups is 1. The van der Waals surface area contributed by atoms with E-state index in [1.54, 1.807) is 12.1 Å². The number of hydrogen-bond donors (Lipinski definition) is 0. The number of piperazine rings is 1. The third-order valence-corrected chi connectivity index (χ3v) is 4.58. The van der Waals surface area contributed by atoms with E-state index in [1.165, 1.54) is 18.4 Å². The molecule has 0 amide bonds. The molecule has 5 nitrogen and oxygen atoms in total. The third kappa shape index (κ3) is 5.64. The maximum Gasteiger partial charge on any atom is 0.269 e. The molecule has 0 bridgehead atoms. The quantitative estimate of drug-likeness (QED) is 0.429. The number of non-ortho nitro benzene ring substituents is 1. The molecule has 0 N–H and O–H groups in total. The second-order valence-corrected chi connectivity index (χ2v) is 7.03. The fourth-order valence-corrected chi connectivity index (χ4v) is 3.16. The first-order valence-electron chi connectivity index (χ1n) is 8.81. The summed E-state index contributed by atoms with van der Waals surface area (Å²) in [5.41, 5.74) is 2.64. The van der Waals surface area contributed by atoms with Gasteiger partial charge < -0.3 is 4.90 Å². The highest BCUT2D eigenvalue weighted by Crippen LogP contribution is 2.21. The molecule has 1 atom stereocenters. The van der Waals surface area contributed by atoms with Gasteiger partial charge in [0, 0.05) is 50.5 Å². The highest BCUT2D eigenvalue weighted by Gasteiger charge is 2.19. The summed E-state index contributed by atoms with van der Waals surface area (Å²) in [6, 6.07) is 6.89. The van der Waals surface area contributed by atoms with E-state index in [9.17, 15) is 10.1 Å². The maximum atomic E-state index is 10.7. The Morgan fingerprint density at radius 1 is 1.21 bits per heavy atom. The molecule has 24 heavy (non-hydrogen) atoms. The molecule has 2 rings (SSSR count). The minimum Gasteiger partial charge on any atom is -0.369 e. The largest absolute Gasteiger partial charge is 0.369 e. The SMILES string of the molecule is CC(C)=CCC[C@H](C)CN1CCN(c2ccc([N+](=O)[O-])cc2)CC1. The monoisotopic (exact) mass is 331 g/mol. The zero-order chi connectivity index (χ0) is 17.5. The van der Waals surface area contributed by atoms with Crippen molar-refractivity contribution in [1.29, 1.82) is 0 Å². The third-order valence-electron chi connectivity index (χ3n) is 4.58. The molecule has 0 spiro atoms. The molecule has 1 fully saturated rings. The molecule has 132 valence electrons. The van der Waals surface area contributed by atoms with Gasteiger partial charge in [0.25, 0.3) is 5.69 Å². The molecule has 1 aliphatic heterocycles. The van der Waals surface area contributed by atoms with Crippen LogP contribution >= 0.6 is 0 Å². The Balaban J connectivity index is 1.76. The summed E-state index contributed by atoms with van der Waals surface area (Å²) in [6.07, 6.45) is 4.74. The van der Waals surface area contributed by atoms with Gasteiger partial charge >= 0.3 is 0 Å². The molecule has 0 aliphatic carbocycles. The molecule has 1 aromatic carbocycles. The summed E-state index contributed by atoms with van der Waals surface area (Å²) >= 11 is 0. The molecule has 0 unspecified atom stereocenters.